The molecule has 4 heteroatoms. The highest BCUT2D eigenvalue weighted by molar-refractivity contribution is 8.14. The number of aliphatic imine (C=N–C) groups is 2. The van der Waals surface area contributed by atoms with E-state index in [4.69, 9.17) is 0 Å². The molecular formula is C8H12N2OS. The van der Waals surface area contributed by atoms with Crippen LogP contribution in [0.5, 0.6) is 0 Å². The van der Waals surface area contributed by atoms with Crippen LogP contribution in [0.1, 0.15) is 25.7 Å². The zero-order valence-corrected chi connectivity index (χ0v) is 7.77. The molecule has 0 atom stereocenters. The van der Waals surface area contributed by atoms with E-state index in [1.807, 2.05) is 0 Å². The van der Waals surface area contributed by atoms with Crippen molar-refractivity contribution < 1.29 is 4.21 Å². The SMILES string of the molecule is O=S(C1=NCCC1)C1=NCCC1. The Hall–Kier alpha value is -0.510. The molecule has 12 heavy (non-hydrogen) atoms. The van der Waals surface area contributed by atoms with Gasteiger partial charge in [0.25, 0.3) is 0 Å². The van der Waals surface area contributed by atoms with E-state index in [9.17, 15) is 4.21 Å². The Kier molecular flexibility index (Phi) is 2.35. The van der Waals surface area contributed by atoms with Crippen LogP contribution in [-0.2, 0) is 10.8 Å². The quantitative estimate of drug-likeness (QED) is 0.556. The van der Waals surface area contributed by atoms with E-state index in [-0.39, 0.29) is 0 Å². The maximum absolute atomic E-state index is 11.7. The average molecular weight is 184 g/mol. The average Bonchev–Trinajstić information content (AvgIpc) is 2.77. The summed E-state index contributed by atoms with van der Waals surface area (Å²) >= 11 is 0. The summed E-state index contributed by atoms with van der Waals surface area (Å²) in [5, 5.41) is 1.74. The van der Waals surface area contributed by atoms with Gasteiger partial charge in [-0.25, -0.2) is 4.21 Å². The Morgan fingerprint density at radius 2 is 1.50 bits per heavy atom. The van der Waals surface area contributed by atoms with E-state index >= 15 is 0 Å². The molecule has 3 nitrogen and oxygen atoms in total. The van der Waals surface area contributed by atoms with Gasteiger partial charge in [-0.05, 0) is 12.8 Å². The van der Waals surface area contributed by atoms with Crippen molar-refractivity contribution in [1.82, 2.24) is 0 Å². The second-order valence-corrected chi connectivity index (χ2v) is 4.51. The van der Waals surface area contributed by atoms with E-state index < -0.39 is 10.8 Å². The van der Waals surface area contributed by atoms with Crippen LogP contribution in [0.3, 0.4) is 0 Å². The second kappa shape index (κ2) is 3.47. The van der Waals surface area contributed by atoms with E-state index in [1.54, 1.807) is 0 Å². The van der Waals surface area contributed by atoms with Crippen molar-refractivity contribution in [1.29, 1.82) is 0 Å². The van der Waals surface area contributed by atoms with E-state index in [0.29, 0.717) is 0 Å². The van der Waals surface area contributed by atoms with Gasteiger partial charge in [0.05, 0.1) is 0 Å². The molecule has 0 saturated carbocycles. The van der Waals surface area contributed by atoms with Gasteiger partial charge in [-0.3, -0.25) is 9.98 Å². The van der Waals surface area contributed by atoms with Gasteiger partial charge in [0.1, 0.15) is 20.9 Å². The Labute approximate surface area is 74.4 Å². The molecule has 2 rings (SSSR count). The van der Waals surface area contributed by atoms with E-state index in [0.717, 1.165) is 48.9 Å². The van der Waals surface area contributed by atoms with Crippen molar-refractivity contribution in [3.63, 3.8) is 0 Å². The molecule has 0 unspecified atom stereocenters. The monoisotopic (exact) mass is 184 g/mol. The first-order valence-corrected chi connectivity index (χ1v) is 5.51. The van der Waals surface area contributed by atoms with Gasteiger partial charge in [0, 0.05) is 25.9 Å². The first kappa shape index (κ1) is 8.10. The van der Waals surface area contributed by atoms with Crippen molar-refractivity contribution in [3.05, 3.63) is 0 Å². The fourth-order valence-corrected chi connectivity index (χ4v) is 2.81. The molecule has 66 valence electrons. The predicted molar refractivity (Wildman–Crippen MR) is 51.2 cm³/mol. The molecular weight excluding hydrogens is 172 g/mol. The van der Waals surface area contributed by atoms with Crippen molar-refractivity contribution in [2.24, 2.45) is 9.98 Å². The Morgan fingerprint density at radius 1 is 1.00 bits per heavy atom. The van der Waals surface area contributed by atoms with Crippen LogP contribution in [0.4, 0.5) is 0 Å². The third kappa shape index (κ3) is 1.48. The Bertz CT molecular complexity index is 244. The summed E-state index contributed by atoms with van der Waals surface area (Å²) < 4.78 is 11.7. The highest BCUT2D eigenvalue weighted by Crippen LogP contribution is 2.14. The zero-order valence-electron chi connectivity index (χ0n) is 6.95. The molecule has 2 heterocycles. The van der Waals surface area contributed by atoms with Gasteiger partial charge < -0.3 is 0 Å². The van der Waals surface area contributed by atoms with Gasteiger partial charge >= 0.3 is 0 Å². The summed E-state index contributed by atoms with van der Waals surface area (Å²) in [6.45, 7) is 1.71. The first-order valence-electron chi connectivity index (χ1n) is 4.36. The largest absolute Gasteiger partial charge is 0.280 e. The molecule has 0 aromatic carbocycles. The molecule has 0 aromatic heterocycles. The fraction of sp³-hybridized carbons (Fsp3) is 0.750. The fourth-order valence-electron chi connectivity index (χ4n) is 1.46. The minimum atomic E-state index is -0.971. The van der Waals surface area contributed by atoms with Crippen LogP contribution in [0.2, 0.25) is 0 Å². The predicted octanol–water partition coefficient (Wildman–Crippen LogP) is 1.12. The first-order chi connectivity index (χ1) is 5.88. The summed E-state index contributed by atoms with van der Waals surface area (Å²) in [5.74, 6) is 0. The van der Waals surface area contributed by atoms with Crippen LogP contribution in [0, 0.1) is 0 Å². The third-order valence-corrected chi connectivity index (χ3v) is 3.62. The van der Waals surface area contributed by atoms with Crippen LogP contribution in [0.15, 0.2) is 9.98 Å². The molecule has 0 N–H and O–H groups in total. The molecule has 0 radical (unpaired) electrons. The van der Waals surface area contributed by atoms with Gasteiger partial charge in [-0.2, -0.15) is 0 Å². The highest BCUT2D eigenvalue weighted by atomic mass is 32.2. The highest BCUT2D eigenvalue weighted by Gasteiger charge is 2.20. The Morgan fingerprint density at radius 3 is 1.83 bits per heavy atom. The maximum atomic E-state index is 11.7. The molecule has 0 amide bonds. The lowest BCUT2D eigenvalue weighted by Gasteiger charge is -1.98. The molecule has 0 fully saturated rings. The maximum Gasteiger partial charge on any atom is 0.113 e. The van der Waals surface area contributed by atoms with Crippen LogP contribution >= 0.6 is 0 Å². The smallest absolute Gasteiger partial charge is 0.113 e. The summed E-state index contributed by atoms with van der Waals surface area (Å²) in [6, 6.07) is 0. The lowest BCUT2D eigenvalue weighted by Crippen LogP contribution is -2.13. The van der Waals surface area contributed by atoms with Crippen LogP contribution in [-0.4, -0.2) is 27.4 Å². The molecule has 0 aliphatic carbocycles. The summed E-state index contributed by atoms with van der Waals surface area (Å²) in [5.41, 5.74) is 0. The van der Waals surface area contributed by atoms with E-state index in [2.05, 4.69) is 9.98 Å². The number of rotatable bonds is 0. The third-order valence-electron chi connectivity index (χ3n) is 2.10. The lowest BCUT2D eigenvalue weighted by molar-refractivity contribution is 0.695. The molecule has 0 spiro atoms. The van der Waals surface area contributed by atoms with E-state index in [1.165, 1.54) is 0 Å². The molecule has 0 saturated heterocycles. The minimum absolute atomic E-state index is 0.856. The summed E-state index contributed by atoms with van der Waals surface area (Å²) in [7, 11) is -0.971. The lowest BCUT2D eigenvalue weighted by atomic mass is 10.4. The van der Waals surface area contributed by atoms with Crippen molar-refractivity contribution in [3.8, 4) is 0 Å². The molecule has 0 bridgehead atoms. The topological polar surface area (TPSA) is 41.8 Å². The van der Waals surface area contributed by atoms with Gasteiger partial charge in [-0.15, -0.1) is 0 Å². The normalized spacial score (nSPS) is 23.1. The summed E-state index contributed by atoms with van der Waals surface area (Å²) in [6.07, 6.45) is 3.94. The van der Waals surface area contributed by atoms with Gasteiger partial charge in [0.15, 0.2) is 0 Å². The van der Waals surface area contributed by atoms with Crippen LogP contribution < -0.4 is 0 Å². The van der Waals surface area contributed by atoms with Crippen molar-refractivity contribution >= 4 is 20.9 Å². The molecule has 2 aliphatic rings. The van der Waals surface area contributed by atoms with Crippen molar-refractivity contribution in [2.75, 3.05) is 13.1 Å². The summed E-state index contributed by atoms with van der Waals surface area (Å²) in [4.78, 5) is 8.43. The van der Waals surface area contributed by atoms with Crippen LogP contribution in [0.25, 0.3) is 0 Å². The molecule has 0 aromatic rings. The number of nitrogens with zero attached hydrogens (tertiary/aromatic N) is 2. The minimum Gasteiger partial charge on any atom is -0.280 e. The van der Waals surface area contributed by atoms with Crippen molar-refractivity contribution in [2.45, 2.75) is 25.7 Å². The van der Waals surface area contributed by atoms with Gasteiger partial charge in [0.2, 0.25) is 0 Å². The van der Waals surface area contributed by atoms with Gasteiger partial charge in [-0.1, -0.05) is 0 Å². The standard InChI is InChI=1S/C8H12N2OS/c11-12(7-3-1-5-9-7)8-4-2-6-10-8/h1-6H2. The Balaban J connectivity index is 2.08. The molecule has 2 aliphatic heterocycles. The number of hydrogen-bond donors (Lipinski definition) is 0. The second-order valence-electron chi connectivity index (χ2n) is 3.03. The number of hydrogen-bond acceptors (Lipinski definition) is 3. The zero-order chi connectivity index (χ0) is 8.39.